The molecule has 6 rings (SSSR count). The second-order valence-electron chi connectivity index (χ2n) is 11.1. The van der Waals surface area contributed by atoms with E-state index in [0.717, 1.165) is 45.2 Å². The van der Waals surface area contributed by atoms with Gasteiger partial charge in [0.25, 0.3) is 17.7 Å². The van der Waals surface area contributed by atoms with E-state index in [1.807, 2.05) is 24.3 Å². The maximum absolute atomic E-state index is 13.4. The minimum absolute atomic E-state index is 0.0686. The van der Waals surface area contributed by atoms with Crippen molar-refractivity contribution in [2.24, 2.45) is 19.8 Å². The van der Waals surface area contributed by atoms with Gasteiger partial charge in [0.15, 0.2) is 11.6 Å². The largest absolute Gasteiger partial charge is 0.490 e. The maximum Gasteiger partial charge on any atom is 0.490 e. The molecule has 3 amide bonds. The van der Waals surface area contributed by atoms with Crippen molar-refractivity contribution in [2.75, 3.05) is 23.7 Å². The Kier molecular flexibility index (Phi) is 9.79. The number of nitrogens with zero attached hydrogens (tertiary/aromatic N) is 4. The van der Waals surface area contributed by atoms with Crippen LogP contribution in [0.1, 0.15) is 44.4 Å². The highest BCUT2D eigenvalue weighted by atomic mass is 19.4. The molecular formula is C33H31F3N8O5. The fraction of sp³-hybridized carbons (Fsp3) is 0.212. The van der Waals surface area contributed by atoms with Gasteiger partial charge >= 0.3 is 12.1 Å². The van der Waals surface area contributed by atoms with Crippen molar-refractivity contribution in [3.63, 3.8) is 0 Å². The number of alkyl halides is 3. The molecule has 2 aromatic heterocycles. The average molecular weight is 677 g/mol. The Morgan fingerprint density at radius 2 is 1.27 bits per heavy atom. The van der Waals surface area contributed by atoms with Gasteiger partial charge in [0.05, 0.1) is 0 Å². The molecule has 0 atom stereocenters. The van der Waals surface area contributed by atoms with Crippen LogP contribution in [0.15, 0.2) is 67.0 Å². The van der Waals surface area contributed by atoms with Crippen molar-refractivity contribution in [3.8, 4) is 0 Å². The van der Waals surface area contributed by atoms with Gasteiger partial charge in [0.1, 0.15) is 0 Å². The lowest BCUT2D eigenvalue weighted by Crippen LogP contribution is -2.27. The van der Waals surface area contributed by atoms with Crippen LogP contribution in [-0.2, 0) is 18.9 Å². The summed E-state index contributed by atoms with van der Waals surface area (Å²) < 4.78 is 34.8. The number of imidazole rings is 2. The monoisotopic (exact) mass is 676 g/mol. The summed E-state index contributed by atoms with van der Waals surface area (Å²) in [5.74, 6) is -3.29. The number of nitrogens with one attached hydrogen (secondary N) is 3. The van der Waals surface area contributed by atoms with Crippen LogP contribution in [0.25, 0.3) is 32.3 Å². The number of anilines is 2. The molecule has 13 nitrogen and oxygen atoms in total. The molecule has 254 valence electrons. The van der Waals surface area contributed by atoms with Crippen molar-refractivity contribution in [3.05, 3.63) is 84.2 Å². The van der Waals surface area contributed by atoms with Gasteiger partial charge in [-0.3, -0.25) is 14.4 Å². The zero-order valence-electron chi connectivity index (χ0n) is 26.3. The number of carbonyl (C=O) groups is 4. The Hall–Kier alpha value is -6.03. The molecule has 0 spiro atoms. The number of hydrogen-bond acceptors (Lipinski definition) is 7. The summed E-state index contributed by atoms with van der Waals surface area (Å²) in [6.45, 7) is 1.05. The van der Waals surface area contributed by atoms with E-state index in [9.17, 15) is 27.6 Å². The molecule has 0 aliphatic rings. The molecular weight excluding hydrogens is 645 g/mol. The van der Waals surface area contributed by atoms with Gasteiger partial charge in [-0.05, 0) is 57.8 Å². The number of rotatable bonds is 9. The SMILES string of the molecule is Cn1cc(NC(=O)c2nc(NC(=O)c3ccc4ccc5cccc6ccc3c4c56)cn2C)nc1C(=O)NCCCCN.O=C(O)C(F)(F)F. The van der Waals surface area contributed by atoms with Gasteiger partial charge in [-0.25, -0.2) is 14.8 Å². The van der Waals surface area contributed by atoms with E-state index in [4.69, 9.17) is 15.6 Å². The van der Waals surface area contributed by atoms with Gasteiger partial charge in [0.2, 0.25) is 11.6 Å². The fourth-order valence-corrected chi connectivity index (χ4v) is 5.31. The summed E-state index contributed by atoms with van der Waals surface area (Å²) in [6.07, 6.45) is -0.384. The summed E-state index contributed by atoms with van der Waals surface area (Å²) in [7, 11) is 3.33. The number of hydrogen-bond donors (Lipinski definition) is 5. The minimum atomic E-state index is -5.08. The number of carbonyl (C=O) groups excluding carboxylic acids is 3. The first-order valence-electron chi connectivity index (χ1n) is 14.9. The quantitative estimate of drug-likeness (QED) is 0.108. The number of carboxylic acid groups (broad SMARTS) is 1. The molecule has 6 aromatic rings. The van der Waals surface area contributed by atoms with E-state index in [0.29, 0.717) is 18.7 Å². The lowest BCUT2D eigenvalue weighted by atomic mass is 9.92. The topological polar surface area (TPSA) is 186 Å². The summed E-state index contributed by atoms with van der Waals surface area (Å²) in [5.41, 5.74) is 6.00. The van der Waals surface area contributed by atoms with E-state index in [1.54, 1.807) is 32.6 Å². The summed E-state index contributed by atoms with van der Waals surface area (Å²) in [6, 6.07) is 18.1. The second-order valence-corrected chi connectivity index (χ2v) is 11.1. The van der Waals surface area contributed by atoms with E-state index in [2.05, 4.69) is 50.2 Å². The number of nitrogens with two attached hydrogens (primary N) is 1. The van der Waals surface area contributed by atoms with E-state index < -0.39 is 18.1 Å². The van der Waals surface area contributed by atoms with Gasteiger partial charge in [-0.2, -0.15) is 13.2 Å². The maximum atomic E-state index is 13.4. The zero-order valence-corrected chi connectivity index (χ0v) is 26.3. The Morgan fingerprint density at radius 1 is 0.755 bits per heavy atom. The lowest BCUT2D eigenvalue weighted by Gasteiger charge is -2.13. The third kappa shape index (κ3) is 7.43. The van der Waals surface area contributed by atoms with Crippen LogP contribution < -0.4 is 21.7 Å². The van der Waals surface area contributed by atoms with Crippen molar-refractivity contribution in [1.82, 2.24) is 24.4 Å². The third-order valence-electron chi connectivity index (χ3n) is 7.57. The van der Waals surface area contributed by atoms with Crippen LogP contribution in [0.4, 0.5) is 24.8 Å². The van der Waals surface area contributed by atoms with Crippen LogP contribution in [-0.4, -0.2) is 67.2 Å². The minimum Gasteiger partial charge on any atom is -0.475 e. The van der Waals surface area contributed by atoms with Crippen molar-refractivity contribution < 1.29 is 37.5 Å². The molecule has 0 aliphatic carbocycles. The summed E-state index contributed by atoms with van der Waals surface area (Å²) in [5, 5.41) is 21.7. The molecule has 0 bridgehead atoms. The molecule has 2 heterocycles. The number of amides is 3. The van der Waals surface area contributed by atoms with E-state index in [-0.39, 0.29) is 35.1 Å². The van der Waals surface area contributed by atoms with Crippen LogP contribution >= 0.6 is 0 Å². The predicted molar refractivity (Wildman–Crippen MR) is 177 cm³/mol. The Balaban J connectivity index is 0.000000606. The van der Waals surface area contributed by atoms with Gasteiger partial charge in [0, 0.05) is 38.6 Å². The summed E-state index contributed by atoms with van der Waals surface area (Å²) in [4.78, 5) is 56.4. The highest BCUT2D eigenvalue weighted by Crippen LogP contribution is 2.36. The number of halogens is 3. The van der Waals surface area contributed by atoms with Gasteiger partial charge in [-0.1, -0.05) is 48.5 Å². The zero-order chi connectivity index (χ0) is 35.5. The number of aromatic nitrogens is 4. The molecule has 49 heavy (non-hydrogen) atoms. The van der Waals surface area contributed by atoms with E-state index >= 15 is 0 Å². The first-order chi connectivity index (χ1) is 23.3. The summed E-state index contributed by atoms with van der Waals surface area (Å²) >= 11 is 0. The lowest BCUT2D eigenvalue weighted by molar-refractivity contribution is -0.192. The van der Waals surface area contributed by atoms with Crippen LogP contribution in [0.3, 0.4) is 0 Å². The number of unbranched alkanes of at least 4 members (excludes halogenated alkanes) is 1. The molecule has 16 heteroatoms. The van der Waals surface area contributed by atoms with Crippen molar-refractivity contribution in [1.29, 1.82) is 0 Å². The first-order valence-corrected chi connectivity index (χ1v) is 14.9. The Bertz CT molecular complexity index is 2170. The average Bonchev–Trinajstić information content (AvgIpc) is 3.62. The number of benzene rings is 4. The van der Waals surface area contributed by atoms with Crippen LogP contribution in [0, 0.1) is 0 Å². The number of carboxylic acids is 1. The molecule has 0 saturated heterocycles. The molecule has 0 saturated carbocycles. The van der Waals surface area contributed by atoms with Gasteiger partial charge in [-0.15, -0.1) is 0 Å². The third-order valence-corrected chi connectivity index (χ3v) is 7.57. The molecule has 6 N–H and O–H groups in total. The van der Waals surface area contributed by atoms with Crippen LogP contribution in [0.5, 0.6) is 0 Å². The Morgan fingerprint density at radius 3 is 1.84 bits per heavy atom. The van der Waals surface area contributed by atoms with E-state index in [1.165, 1.54) is 9.13 Å². The second kappa shape index (κ2) is 14.0. The molecule has 0 unspecified atom stereocenters. The number of aliphatic carboxylic acids is 1. The standard InChI is InChI=1S/C31H30N8O3.C2HF3O2/c1-38-17-24(34-27(38)30(41)33-15-4-3-14-32)37-31(42)28-35-23(16-39(28)2)36-29(40)22-13-11-20-9-8-18-6-5-7-19-10-12-21(22)26(20)25(18)19;3-2(4,5)1(6)7/h5-13,16-17H,3-4,14-15,32H2,1-2H3,(H,33,41)(H,36,40)(H,37,42);(H,6,7). The highest BCUT2D eigenvalue weighted by Gasteiger charge is 2.38. The smallest absolute Gasteiger partial charge is 0.475 e. The van der Waals surface area contributed by atoms with Crippen molar-refractivity contribution in [2.45, 2.75) is 19.0 Å². The fourth-order valence-electron chi connectivity index (χ4n) is 5.31. The predicted octanol–water partition coefficient (Wildman–Crippen LogP) is 4.66. The van der Waals surface area contributed by atoms with Crippen molar-refractivity contribution >= 4 is 67.6 Å². The molecule has 0 radical (unpaired) electrons. The Labute approximate surface area is 276 Å². The molecule has 4 aromatic carbocycles. The first kappa shape index (κ1) is 34.3. The van der Waals surface area contributed by atoms with Gasteiger partial charge < -0.3 is 35.9 Å². The highest BCUT2D eigenvalue weighted by molar-refractivity contribution is 6.27. The number of aryl methyl sites for hydroxylation is 2. The normalized spacial score (nSPS) is 11.4. The molecule has 0 aliphatic heterocycles. The molecule has 0 fully saturated rings. The van der Waals surface area contributed by atoms with Crippen LogP contribution in [0.2, 0.25) is 0 Å².